The van der Waals surface area contributed by atoms with Gasteiger partial charge in [0.1, 0.15) is 36.3 Å². The molecule has 214 valence electrons. The summed E-state index contributed by atoms with van der Waals surface area (Å²) < 4.78 is 36.8. The Morgan fingerprint density at radius 3 is 1.85 bits per heavy atom. The molecule has 3 rings (SSSR count). The quantitative estimate of drug-likeness (QED) is 0.113. The van der Waals surface area contributed by atoms with Gasteiger partial charge in [-0.1, -0.05) is 37.4 Å². The van der Waals surface area contributed by atoms with Gasteiger partial charge in [-0.05, 0) is 81.6 Å². The predicted octanol–water partition coefficient (Wildman–Crippen LogP) is 7.09. The summed E-state index contributed by atoms with van der Waals surface area (Å²) in [6, 6.07) is 16.1. The Labute approximate surface area is 239 Å². The van der Waals surface area contributed by atoms with Crippen molar-refractivity contribution in [1.82, 2.24) is 0 Å². The minimum absolute atomic E-state index is 0.0776. The fraction of sp³-hybridized carbons (Fsp3) is 0.242. The zero-order valence-electron chi connectivity index (χ0n) is 23.8. The minimum atomic E-state index is -0.768. The molecular formula is C33H33FO7. The van der Waals surface area contributed by atoms with E-state index in [9.17, 15) is 14.4 Å². The van der Waals surface area contributed by atoms with Crippen LogP contribution in [0.4, 0.5) is 4.39 Å². The van der Waals surface area contributed by atoms with Crippen LogP contribution in [-0.2, 0) is 19.1 Å². The minimum Gasteiger partial charge on any atom is -0.490 e. The number of benzene rings is 3. The molecule has 0 heterocycles. The van der Waals surface area contributed by atoms with Crippen LogP contribution in [0.15, 0.2) is 85.0 Å². The molecular weight excluding hydrogens is 527 g/mol. The second-order valence-corrected chi connectivity index (χ2v) is 10.5. The molecule has 8 heteroatoms. The molecule has 0 saturated carbocycles. The summed E-state index contributed by atoms with van der Waals surface area (Å²) in [6.07, 6.45) is 0. The van der Waals surface area contributed by atoms with Crippen molar-refractivity contribution in [2.24, 2.45) is 5.41 Å². The normalized spacial score (nSPS) is 10.9. The van der Waals surface area contributed by atoms with Crippen molar-refractivity contribution < 1.29 is 37.7 Å². The van der Waals surface area contributed by atoms with Crippen LogP contribution in [-0.4, -0.2) is 31.1 Å². The first kappa shape index (κ1) is 30.8. The van der Waals surface area contributed by atoms with Gasteiger partial charge in [0, 0.05) is 22.8 Å². The van der Waals surface area contributed by atoms with Gasteiger partial charge in [0.15, 0.2) is 0 Å². The number of ether oxygens (including phenoxy) is 4. The van der Waals surface area contributed by atoms with E-state index in [0.29, 0.717) is 33.6 Å². The molecule has 0 unspecified atom stereocenters. The number of rotatable bonds is 10. The number of carbonyl (C=O) groups is 3. The molecule has 3 aromatic rings. The van der Waals surface area contributed by atoms with Crippen LogP contribution in [0.5, 0.6) is 17.2 Å². The Kier molecular flexibility index (Phi) is 9.84. The van der Waals surface area contributed by atoms with Gasteiger partial charge in [-0.25, -0.2) is 14.0 Å². The Morgan fingerprint density at radius 1 is 0.707 bits per heavy atom. The molecule has 0 saturated heterocycles. The molecule has 0 aromatic heterocycles. The van der Waals surface area contributed by atoms with Crippen molar-refractivity contribution >= 4 is 17.9 Å². The lowest BCUT2D eigenvalue weighted by molar-refractivity contribution is -0.143. The molecule has 0 radical (unpaired) electrons. The van der Waals surface area contributed by atoms with Gasteiger partial charge in [-0.3, -0.25) is 4.79 Å². The van der Waals surface area contributed by atoms with Crippen molar-refractivity contribution in [2.75, 3.05) is 13.2 Å². The molecule has 0 spiro atoms. The first-order valence-electron chi connectivity index (χ1n) is 12.9. The topological polar surface area (TPSA) is 88.1 Å². The highest BCUT2D eigenvalue weighted by molar-refractivity contribution is 5.89. The molecule has 7 nitrogen and oxygen atoms in total. The molecule has 0 atom stereocenters. The van der Waals surface area contributed by atoms with Gasteiger partial charge in [0.05, 0.1) is 5.41 Å². The van der Waals surface area contributed by atoms with Crippen molar-refractivity contribution in [3.05, 3.63) is 90.8 Å². The van der Waals surface area contributed by atoms with E-state index >= 15 is 4.39 Å². The second kappa shape index (κ2) is 13.1. The van der Waals surface area contributed by atoms with E-state index in [2.05, 4.69) is 13.2 Å². The number of esters is 3. The Bertz CT molecular complexity index is 1480. The maximum absolute atomic E-state index is 15.3. The van der Waals surface area contributed by atoms with Crippen molar-refractivity contribution in [1.29, 1.82) is 0 Å². The summed E-state index contributed by atoms with van der Waals surface area (Å²) >= 11 is 0. The highest BCUT2D eigenvalue weighted by atomic mass is 19.1. The van der Waals surface area contributed by atoms with Crippen molar-refractivity contribution in [2.45, 2.75) is 34.6 Å². The van der Waals surface area contributed by atoms with Crippen LogP contribution in [0, 0.1) is 11.2 Å². The second-order valence-electron chi connectivity index (χ2n) is 10.5. The predicted molar refractivity (Wildman–Crippen MR) is 154 cm³/mol. The van der Waals surface area contributed by atoms with Crippen LogP contribution in [0.2, 0.25) is 0 Å². The van der Waals surface area contributed by atoms with Crippen LogP contribution < -0.4 is 14.2 Å². The van der Waals surface area contributed by atoms with E-state index in [1.807, 2.05) is 0 Å². The summed E-state index contributed by atoms with van der Waals surface area (Å²) in [5.41, 5.74) is 1.69. The number of carbonyl (C=O) groups excluding carboxylic acids is 3. The van der Waals surface area contributed by atoms with E-state index in [1.54, 1.807) is 76.2 Å². The molecule has 0 fully saturated rings. The van der Waals surface area contributed by atoms with Crippen LogP contribution >= 0.6 is 0 Å². The maximum Gasteiger partial charge on any atom is 0.338 e. The van der Waals surface area contributed by atoms with Crippen LogP contribution in [0.1, 0.15) is 34.6 Å². The third-order valence-corrected chi connectivity index (χ3v) is 5.66. The highest BCUT2D eigenvalue weighted by Crippen LogP contribution is 2.34. The first-order chi connectivity index (χ1) is 19.2. The standard InChI is InChI=1S/C33H33FO7/c1-20(2)30(35)39-15-14-38-25-11-8-22(9-12-25)28-13-10-23(18-29(28)34)24-16-26(40-31(36)21(3)4)19-27(17-24)41-32(37)33(5,6)7/h8-13,16-19H,1,3,14-15H2,2,4-7H3. The van der Waals surface area contributed by atoms with E-state index in [1.165, 1.54) is 19.1 Å². The fourth-order valence-electron chi connectivity index (χ4n) is 3.39. The molecule has 0 aliphatic carbocycles. The maximum atomic E-state index is 15.3. The van der Waals surface area contributed by atoms with Crippen LogP contribution in [0.3, 0.4) is 0 Å². The van der Waals surface area contributed by atoms with Crippen molar-refractivity contribution in [3.63, 3.8) is 0 Å². The Morgan fingerprint density at radius 2 is 1.29 bits per heavy atom. The smallest absolute Gasteiger partial charge is 0.338 e. The molecule has 0 aliphatic heterocycles. The summed E-state index contributed by atoms with van der Waals surface area (Å²) in [5.74, 6) is -1.27. The van der Waals surface area contributed by atoms with E-state index in [-0.39, 0.29) is 30.3 Å². The summed E-state index contributed by atoms with van der Waals surface area (Å²) in [5, 5.41) is 0. The van der Waals surface area contributed by atoms with Crippen molar-refractivity contribution in [3.8, 4) is 39.5 Å². The lowest BCUT2D eigenvalue weighted by Gasteiger charge is -2.17. The first-order valence-corrected chi connectivity index (χ1v) is 12.9. The SMILES string of the molecule is C=C(C)C(=O)OCCOc1ccc(-c2ccc(-c3cc(OC(=O)C(=C)C)cc(OC(=O)C(C)(C)C)c3)cc2F)cc1. The van der Waals surface area contributed by atoms with E-state index in [4.69, 9.17) is 18.9 Å². The largest absolute Gasteiger partial charge is 0.490 e. The van der Waals surface area contributed by atoms with Gasteiger partial charge in [-0.15, -0.1) is 0 Å². The van der Waals surface area contributed by atoms with E-state index in [0.717, 1.165) is 0 Å². The summed E-state index contributed by atoms with van der Waals surface area (Å²) in [4.78, 5) is 36.1. The average molecular weight is 561 g/mol. The van der Waals surface area contributed by atoms with Gasteiger partial charge < -0.3 is 18.9 Å². The van der Waals surface area contributed by atoms with Gasteiger partial charge in [0.2, 0.25) is 0 Å². The van der Waals surface area contributed by atoms with Gasteiger partial charge in [0.25, 0.3) is 0 Å². The zero-order valence-corrected chi connectivity index (χ0v) is 23.8. The number of hydrogen-bond acceptors (Lipinski definition) is 7. The number of hydrogen-bond donors (Lipinski definition) is 0. The van der Waals surface area contributed by atoms with Crippen LogP contribution in [0.25, 0.3) is 22.3 Å². The average Bonchev–Trinajstić information content (AvgIpc) is 2.90. The molecule has 0 bridgehead atoms. The van der Waals surface area contributed by atoms with Gasteiger partial charge in [-0.2, -0.15) is 0 Å². The summed E-state index contributed by atoms with van der Waals surface area (Å²) in [7, 11) is 0. The third-order valence-electron chi connectivity index (χ3n) is 5.66. The van der Waals surface area contributed by atoms with E-state index < -0.39 is 29.1 Å². The Balaban J connectivity index is 1.82. The lowest BCUT2D eigenvalue weighted by Crippen LogP contribution is -2.25. The molecule has 0 aliphatic rings. The molecule has 3 aromatic carbocycles. The third kappa shape index (κ3) is 8.63. The summed E-state index contributed by atoms with van der Waals surface area (Å²) in [6.45, 7) is 15.6. The number of halogens is 1. The lowest BCUT2D eigenvalue weighted by atomic mass is 9.97. The molecule has 0 amide bonds. The van der Waals surface area contributed by atoms with Gasteiger partial charge >= 0.3 is 17.9 Å². The Hall–Kier alpha value is -4.72. The highest BCUT2D eigenvalue weighted by Gasteiger charge is 2.24. The molecule has 0 N–H and O–H groups in total. The molecule has 41 heavy (non-hydrogen) atoms. The monoisotopic (exact) mass is 560 g/mol. The zero-order chi connectivity index (χ0) is 30.3. The fourth-order valence-corrected chi connectivity index (χ4v) is 3.39.